The third-order valence-electron chi connectivity index (χ3n) is 6.04. The number of para-hydroxylation sites is 2. The maximum atomic E-state index is 13.8. The molecule has 0 saturated carbocycles. The molecular weight excluding hydrogens is 431 g/mol. The quantitative estimate of drug-likeness (QED) is 0.408. The molecule has 5 rings (SSSR count). The van der Waals surface area contributed by atoms with Crippen LogP contribution in [0.2, 0.25) is 0 Å². The highest BCUT2D eigenvalue weighted by Gasteiger charge is 2.30. The monoisotopic (exact) mass is 454 g/mol. The molecule has 0 bridgehead atoms. The third-order valence-corrected chi connectivity index (χ3v) is 6.04. The molecule has 2 aromatic heterocycles. The summed E-state index contributed by atoms with van der Waals surface area (Å²) >= 11 is 0. The number of halogens is 1. The highest BCUT2D eigenvalue weighted by Crippen LogP contribution is 2.32. The largest absolute Gasteiger partial charge is 0.295 e. The summed E-state index contributed by atoms with van der Waals surface area (Å²) in [6, 6.07) is 24.4. The molecule has 5 aromatic rings. The van der Waals surface area contributed by atoms with E-state index >= 15 is 0 Å². The molecule has 0 aliphatic rings. The lowest BCUT2D eigenvalue weighted by Crippen LogP contribution is -2.25. The molecule has 2 heterocycles. The molecule has 0 saturated heterocycles. The van der Waals surface area contributed by atoms with Gasteiger partial charge in [-0.2, -0.15) is 0 Å². The number of hydrogen-bond acceptors (Lipinski definition) is 2. The van der Waals surface area contributed by atoms with Gasteiger partial charge in [-0.3, -0.25) is 19.8 Å². The average molecular weight is 455 g/mol. The minimum Gasteiger partial charge on any atom is -0.295 e. The van der Waals surface area contributed by atoms with Crippen molar-refractivity contribution in [1.29, 1.82) is 0 Å². The lowest BCUT2D eigenvalue weighted by atomic mass is 9.85. The van der Waals surface area contributed by atoms with Gasteiger partial charge in [-0.25, -0.2) is 13.8 Å². The fourth-order valence-electron chi connectivity index (χ4n) is 4.45. The van der Waals surface area contributed by atoms with Crippen molar-refractivity contribution in [2.75, 3.05) is 0 Å². The first-order valence-electron chi connectivity index (χ1n) is 10.9. The van der Waals surface area contributed by atoms with Crippen molar-refractivity contribution in [3.8, 4) is 11.4 Å². The molecule has 34 heavy (non-hydrogen) atoms. The van der Waals surface area contributed by atoms with E-state index in [1.807, 2.05) is 74.5 Å². The Morgan fingerprint density at radius 2 is 1.06 bits per heavy atom. The molecule has 0 fully saturated rings. The number of aryl methyl sites for hydroxylation is 2. The molecule has 6 nitrogen and oxygen atoms in total. The lowest BCUT2D eigenvalue weighted by Gasteiger charge is -2.16. The molecule has 170 valence electrons. The molecule has 0 spiro atoms. The highest BCUT2D eigenvalue weighted by atomic mass is 19.1. The fourth-order valence-corrected chi connectivity index (χ4v) is 4.45. The average Bonchev–Trinajstić information content (AvgIpc) is 3.32. The standard InChI is InChI=1S/C27H23FN4O2/c1-17-23(26(33)31(29-17)21-9-5-3-6-10-21)25(19-13-15-20(28)16-14-19)24-18(2)30-32(27(24)34)22-11-7-4-8-12-22/h3-16,25,29-30H,1-2H3. The van der Waals surface area contributed by atoms with Crippen LogP contribution in [0.5, 0.6) is 0 Å². The topological polar surface area (TPSA) is 75.6 Å². The van der Waals surface area contributed by atoms with Gasteiger partial charge in [0.25, 0.3) is 11.1 Å². The maximum Gasteiger partial charge on any atom is 0.275 e. The number of aromatic nitrogens is 4. The van der Waals surface area contributed by atoms with E-state index in [4.69, 9.17) is 0 Å². The van der Waals surface area contributed by atoms with Crippen LogP contribution in [0, 0.1) is 19.7 Å². The Bertz CT molecular complexity index is 1460. The number of aromatic amines is 2. The van der Waals surface area contributed by atoms with Crippen molar-refractivity contribution in [1.82, 2.24) is 19.6 Å². The maximum absolute atomic E-state index is 13.8. The second-order valence-corrected chi connectivity index (χ2v) is 8.24. The van der Waals surface area contributed by atoms with Gasteiger partial charge >= 0.3 is 0 Å². The van der Waals surface area contributed by atoms with Gasteiger partial charge in [-0.1, -0.05) is 48.5 Å². The van der Waals surface area contributed by atoms with E-state index in [-0.39, 0.29) is 16.9 Å². The number of nitrogens with one attached hydrogen (secondary N) is 2. The summed E-state index contributed by atoms with van der Waals surface area (Å²) in [6.07, 6.45) is 0. The van der Waals surface area contributed by atoms with Crippen molar-refractivity contribution in [3.05, 3.63) is 140 Å². The van der Waals surface area contributed by atoms with E-state index in [0.29, 0.717) is 39.5 Å². The van der Waals surface area contributed by atoms with E-state index in [2.05, 4.69) is 10.2 Å². The molecule has 3 aromatic carbocycles. The van der Waals surface area contributed by atoms with Crippen LogP contribution in [0.1, 0.15) is 34.0 Å². The second kappa shape index (κ2) is 8.51. The number of H-pyrrole nitrogens is 2. The molecule has 0 radical (unpaired) electrons. The van der Waals surface area contributed by atoms with Gasteiger partial charge in [-0.15, -0.1) is 0 Å². The first-order chi connectivity index (χ1) is 16.5. The number of hydrogen-bond donors (Lipinski definition) is 2. The van der Waals surface area contributed by atoms with E-state index in [1.54, 1.807) is 12.1 Å². The van der Waals surface area contributed by atoms with E-state index in [9.17, 15) is 14.0 Å². The molecule has 0 atom stereocenters. The third kappa shape index (κ3) is 3.61. The Hall–Kier alpha value is -4.39. The Morgan fingerprint density at radius 3 is 1.47 bits per heavy atom. The Labute approximate surface area is 194 Å². The van der Waals surface area contributed by atoms with Crippen LogP contribution < -0.4 is 11.1 Å². The number of rotatable bonds is 5. The van der Waals surface area contributed by atoms with Gasteiger partial charge < -0.3 is 0 Å². The van der Waals surface area contributed by atoms with Crippen LogP contribution in [0.15, 0.2) is 94.5 Å². The summed E-state index contributed by atoms with van der Waals surface area (Å²) in [5.41, 5.74) is 3.65. The van der Waals surface area contributed by atoms with Crippen LogP contribution in [-0.4, -0.2) is 19.6 Å². The molecule has 7 heteroatoms. The zero-order chi connectivity index (χ0) is 23.8. The fraction of sp³-hybridized carbons (Fsp3) is 0.111. The van der Waals surface area contributed by atoms with Crippen LogP contribution >= 0.6 is 0 Å². The van der Waals surface area contributed by atoms with E-state index in [1.165, 1.54) is 21.5 Å². The smallest absolute Gasteiger partial charge is 0.275 e. The number of benzene rings is 3. The summed E-state index contributed by atoms with van der Waals surface area (Å²) in [5.74, 6) is -1.08. The first kappa shape index (κ1) is 21.5. The highest BCUT2D eigenvalue weighted by molar-refractivity contribution is 5.47. The van der Waals surface area contributed by atoms with Crippen LogP contribution in [-0.2, 0) is 0 Å². The van der Waals surface area contributed by atoms with Crippen molar-refractivity contribution >= 4 is 0 Å². The van der Waals surface area contributed by atoms with Crippen LogP contribution in [0.4, 0.5) is 4.39 Å². The minimum atomic E-state index is -0.692. The normalized spacial score (nSPS) is 11.3. The van der Waals surface area contributed by atoms with Gasteiger partial charge in [-0.05, 0) is 55.8 Å². The van der Waals surface area contributed by atoms with Gasteiger partial charge in [0.2, 0.25) is 0 Å². The summed E-state index contributed by atoms with van der Waals surface area (Å²) in [7, 11) is 0. The summed E-state index contributed by atoms with van der Waals surface area (Å²) < 4.78 is 16.7. The zero-order valence-electron chi connectivity index (χ0n) is 18.7. The Morgan fingerprint density at radius 1 is 0.647 bits per heavy atom. The van der Waals surface area contributed by atoms with Gasteiger partial charge in [0.15, 0.2) is 0 Å². The summed E-state index contributed by atoms with van der Waals surface area (Å²) in [5, 5.41) is 6.30. The van der Waals surface area contributed by atoms with Crippen molar-refractivity contribution in [3.63, 3.8) is 0 Å². The molecule has 0 amide bonds. The lowest BCUT2D eigenvalue weighted by molar-refractivity contribution is 0.626. The van der Waals surface area contributed by atoms with E-state index < -0.39 is 5.92 Å². The Kier molecular flexibility index (Phi) is 5.37. The predicted octanol–water partition coefficient (Wildman–Crippen LogP) is 4.58. The molecular formula is C27H23FN4O2. The predicted molar refractivity (Wildman–Crippen MR) is 130 cm³/mol. The van der Waals surface area contributed by atoms with Gasteiger partial charge in [0.05, 0.1) is 22.5 Å². The molecule has 0 aliphatic heterocycles. The van der Waals surface area contributed by atoms with Gasteiger partial charge in [0, 0.05) is 17.3 Å². The van der Waals surface area contributed by atoms with Gasteiger partial charge in [0.1, 0.15) is 5.82 Å². The zero-order valence-corrected chi connectivity index (χ0v) is 18.7. The first-order valence-corrected chi connectivity index (χ1v) is 10.9. The molecule has 2 N–H and O–H groups in total. The minimum absolute atomic E-state index is 0.260. The van der Waals surface area contributed by atoms with Crippen LogP contribution in [0.3, 0.4) is 0 Å². The summed E-state index contributed by atoms with van der Waals surface area (Å²) in [4.78, 5) is 27.4. The van der Waals surface area contributed by atoms with Crippen molar-refractivity contribution in [2.45, 2.75) is 19.8 Å². The summed E-state index contributed by atoms with van der Waals surface area (Å²) in [6.45, 7) is 3.62. The Balaban J connectivity index is 1.77. The van der Waals surface area contributed by atoms with Crippen molar-refractivity contribution in [2.24, 2.45) is 0 Å². The SMILES string of the molecule is Cc1[nH]n(-c2ccccc2)c(=O)c1C(c1ccc(F)cc1)c1c(C)[nH]n(-c2ccccc2)c1=O. The molecule has 0 aliphatic carbocycles. The van der Waals surface area contributed by atoms with Crippen molar-refractivity contribution < 1.29 is 4.39 Å². The second-order valence-electron chi connectivity index (χ2n) is 8.24. The number of nitrogens with zero attached hydrogens (tertiary/aromatic N) is 2. The molecule has 0 unspecified atom stereocenters. The van der Waals surface area contributed by atoms with Crippen LogP contribution in [0.25, 0.3) is 11.4 Å². The van der Waals surface area contributed by atoms with E-state index in [0.717, 1.165) is 0 Å².